The van der Waals surface area contributed by atoms with E-state index < -0.39 is 0 Å². The van der Waals surface area contributed by atoms with Gasteiger partial charge < -0.3 is 10.2 Å². The predicted molar refractivity (Wildman–Crippen MR) is 80.0 cm³/mol. The molecule has 0 amide bonds. The maximum absolute atomic E-state index is 11.7. The molecule has 1 fully saturated rings. The quantitative estimate of drug-likeness (QED) is 0.631. The van der Waals surface area contributed by atoms with Gasteiger partial charge in [-0.1, -0.05) is 13.8 Å². The molecule has 0 aromatic heterocycles. The molecule has 4 nitrogen and oxygen atoms in total. The monoisotopic (exact) mass is 264 g/mol. The summed E-state index contributed by atoms with van der Waals surface area (Å²) in [5.74, 6) is 0.677. The molecule has 1 aliphatic rings. The molecule has 106 valence electrons. The number of hydrogen-bond donors (Lipinski definition) is 1. The van der Waals surface area contributed by atoms with E-state index in [1.165, 1.54) is 6.42 Å². The second-order valence-corrected chi connectivity index (χ2v) is 5.89. The Hall–Kier alpha value is -1.32. The van der Waals surface area contributed by atoms with Crippen molar-refractivity contribution in [3.63, 3.8) is 0 Å². The molecule has 4 heteroatoms. The first-order valence-corrected chi connectivity index (χ1v) is 7.43. The van der Waals surface area contributed by atoms with Crippen LogP contribution in [0.3, 0.4) is 0 Å². The van der Waals surface area contributed by atoms with Crippen molar-refractivity contribution < 1.29 is 0 Å². The van der Waals surface area contributed by atoms with Gasteiger partial charge in [-0.15, -0.1) is 0 Å². The van der Waals surface area contributed by atoms with E-state index in [0.29, 0.717) is 17.3 Å². The first-order chi connectivity index (χ1) is 9.11. The fourth-order valence-corrected chi connectivity index (χ4v) is 2.69. The molecule has 0 saturated carbocycles. The summed E-state index contributed by atoms with van der Waals surface area (Å²) in [6, 6.07) is 0. The third-order valence-electron chi connectivity index (χ3n) is 3.82. The summed E-state index contributed by atoms with van der Waals surface area (Å²) in [5, 5.41) is 3.17. The predicted octanol–water partition coefficient (Wildman–Crippen LogP) is 2.12. The van der Waals surface area contributed by atoms with Gasteiger partial charge in [0.15, 0.2) is 0 Å². The topological polar surface area (TPSA) is 49.4 Å². The number of anilines is 2. The Morgan fingerprint density at radius 2 is 1.79 bits per heavy atom. The van der Waals surface area contributed by atoms with Gasteiger partial charge in [0.1, 0.15) is 11.4 Å². The van der Waals surface area contributed by atoms with E-state index in [2.05, 4.69) is 24.1 Å². The van der Waals surface area contributed by atoms with Crippen molar-refractivity contribution in [1.29, 1.82) is 0 Å². The molecule has 1 N–H and O–H groups in total. The molecule has 1 heterocycles. The fourth-order valence-electron chi connectivity index (χ4n) is 2.69. The molecule has 1 aliphatic heterocycles. The molecule has 0 radical (unpaired) electrons. The lowest BCUT2D eigenvalue weighted by atomic mass is 10.1. The fraction of sp³-hybridized carbons (Fsp3) is 0.733. The van der Waals surface area contributed by atoms with Crippen LogP contribution in [0.15, 0.2) is 9.59 Å². The average Bonchev–Trinajstić information content (AvgIpc) is 2.42. The molecule has 0 aliphatic carbocycles. The first-order valence-electron chi connectivity index (χ1n) is 7.43. The minimum Gasteiger partial charge on any atom is -0.380 e. The van der Waals surface area contributed by atoms with Crippen molar-refractivity contribution in [2.45, 2.75) is 46.0 Å². The van der Waals surface area contributed by atoms with E-state index >= 15 is 0 Å². The second kappa shape index (κ2) is 6.22. The SMILES string of the molecule is CC(C)CCCNc1c(N2CCCCC2)c(=O)c1=O. The van der Waals surface area contributed by atoms with Gasteiger partial charge in [0.05, 0.1) is 0 Å². The lowest BCUT2D eigenvalue weighted by molar-refractivity contribution is 0.565. The van der Waals surface area contributed by atoms with E-state index in [0.717, 1.165) is 45.3 Å². The maximum atomic E-state index is 11.7. The van der Waals surface area contributed by atoms with Crippen LogP contribution >= 0.6 is 0 Å². The number of nitrogens with one attached hydrogen (secondary N) is 1. The second-order valence-electron chi connectivity index (χ2n) is 5.89. The summed E-state index contributed by atoms with van der Waals surface area (Å²) in [5.41, 5.74) is 0.586. The van der Waals surface area contributed by atoms with E-state index in [1.807, 2.05) is 0 Å². The maximum Gasteiger partial charge on any atom is 0.253 e. The molecular weight excluding hydrogens is 240 g/mol. The van der Waals surface area contributed by atoms with Gasteiger partial charge in [0.2, 0.25) is 0 Å². The van der Waals surface area contributed by atoms with Crippen LogP contribution in [0.25, 0.3) is 0 Å². The highest BCUT2D eigenvalue weighted by molar-refractivity contribution is 5.75. The summed E-state index contributed by atoms with van der Waals surface area (Å²) in [4.78, 5) is 25.5. The summed E-state index contributed by atoms with van der Waals surface area (Å²) >= 11 is 0. The van der Waals surface area contributed by atoms with E-state index in [1.54, 1.807) is 0 Å². The summed E-state index contributed by atoms with van der Waals surface area (Å²) in [6.45, 7) is 6.98. The Morgan fingerprint density at radius 3 is 2.42 bits per heavy atom. The zero-order valence-electron chi connectivity index (χ0n) is 12.0. The highest BCUT2D eigenvalue weighted by atomic mass is 16.2. The van der Waals surface area contributed by atoms with Crippen molar-refractivity contribution in [2.75, 3.05) is 29.9 Å². The molecule has 0 atom stereocenters. The third-order valence-corrected chi connectivity index (χ3v) is 3.82. The Bertz CT molecular complexity index is 480. The Labute approximate surface area is 114 Å². The number of hydrogen-bond acceptors (Lipinski definition) is 4. The van der Waals surface area contributed by atoms with Crippen LogP contribution in [0, 0.1) is 5.92 Å². The Kier molecular flexibility index (Phi) is 4.61. The van der Waals surface area contributed by atoms with Crippen molar-refractivity contribution in [2.24, 2.45) is 5.92 Å². The number of rotatable bonds is 6. The van der Waals surface area contributed by atoms with Crippen molar-refractivity contribution in [3.05, 3.63) is 20.4 Å². The van der Waals surface area contributed by atoms with Crippen LogP contribution in [0.2, 0.25) is 0 Å². The summed E-state index contributed by atoms with van der Waals surface area (Å²) in [6.07, 6.45) is 5.64. The van der Waals surface area contributed by atoms with Gasteiger partial charge >= 0.3 is 0 Å². The minimum atomic E-state index is -0.329. The van der Waals surface area contributed by atoms with Crippen molar-refractivity contribution in [1.82, 2.24) is 0 Å². The minimum absolute atomic E-state index is 0.298. The first kappa shape index (κ1) is 14.1. The van der Waals surface area contributed by atoms with Crippen LogP contribution in [0.4, 0.5) is 11.4 Å². The van der Waals surface area contributed by atoms with Gasteiger partial charge in [0, 0.05) is 19.6 Å². The van der Waals surface area contributed by atoms with Crippen LogP contribution in [0.5, 0.6) is 0 Å². The third kappa shape index (κ3) is 3.17. The van der Waals surface area contributed by atoms with Crippen LogP contribution in [0.1, 0.15) is 46.0 Å². The van der Waals surface area contributed by atoms with E-state index in [9.17, 15) is 9.59 Å². The normalized spacial score (nSPS) is 16.3. The van der Waals surface area contributed by atoms with Crippen LogP contribution in [-0.4, -0.2) is 19.6 Å². The molecule has 0 spiro atoms. The zero-order chi connectivity index (χ0) is 13.8. The summed E-state index contributed by atoms with van der Waals surface area (Å²) in [7, 11) is 0. The number of piperidine rings is 1. The average molecular weight is 264 g/mol. The lowest BCUT2D eigenvalue weighted by Crippen LogP contribution is -2.44. The van der Waals surface area contributed by atoms with Crippen molar-refractivity contribution in [3.8, 4) is 0 Å². The van der Waals surface area contributed by atoms with Crippen LogP contribution in [-0.2, 0) is 0 Å². The van der Waals surface area contributed by atoms with Gasteiger partial charge in [0.25, 0.3) is 10.9 Å². The van der Waals surface area contributed by atoms with Crippen molar-refractivity contribution >= 4 is 11.4 Å². The Balaban J connectivity index is 1.95. The molecule has 1 aromatic rings. The smallest absolute Gasteiger partial charge is 0.253 e. The van der Waals surface area contributed by atoms with Gasteiger partial charge in [-0.25, -0.2) is 0 Å². The van der Waals surface area contributed by atoms with Gasteiger partial charge in [-0.2, -0.15) is 0 Å². The highest BCUT2D eigenvalue weighted by Crippen LogP contribution is 2.23. The molecule has 1 saturated heterocycles. The van der Waals surface area contributed by atoms with Gasteiger partial charge in [-0.05, 0) is 38.0 Å². The molecule has 2 rings (SSSR count). The highest BCUT2D eigenvalue weighted by Gasteiger charge is 2.26. The van der Waals surface area contributed by atoms with E-state index in [4.69, 9.17) is 0 Å². The standard InChI is InChI=1S/C15H24N2O2/c1-11(2)7-6-8-16-12-13(15(19)14(12)18)17-9-4-3-5-10-17/h11,16H,3-10H2,1-2H3. The van der Waals surface area contributed by atoms with Gasteiger partial charge in [-0.3, -0.25) is 9.59 Å². The van der Waals surface area contributed by atoms with E-state index in [-0.39, 0.29) is 10.9 Å². The molecule has 0 unspecified atom stereocenters. The zero-order valence-corrected chi connectivity index (χ0v) is 12.0. The lowest BCUT2D eigenvalue weighted by Gasteiger charge is -2.30. The molecule has 19 heavy (non-hydrogen) atoms. The largest absolute Gasteiger partial charge is 0.380 e. The van der Waals surface area contributed by atoms with Crippen LogP contribution < -0.4 is 21.1 Å². The Morgan fingerprint density at radius 1 is 1.11 bits per heavy atom. The molecule has 1 aromatic carbocycles. The number of nitrogens with zero attached hydrogens (tertiary/aromatic N) is 1. The summed E-state index contributed by atoms with van der Waals surface area (Å²) < 4.78 is 0. The molecular formula is C15H24N2O2. The molecule has 0 bridgehead atoms.